The van der Waals surface area contributed by atoms with Crippen LogP contribution in [0.5, 0.6) is 0 Å². The minimum absolute atomic E-state index is 0.833. The first-order chi connectivity index (χ1) is 5.41. The van der Waals surface area contributed by atoms with Crippen LogP contribution in [0.15, 0.2) is 0 Å². The van der Waals surface area contributed by atoms with Crippen molar-refractivity contribution in [1.29, 1.82) is 0 Å². The molecule has 1 spiro atoms. The maximum Gasteiger partial charge on any atom is 0.00202 e. The highest BCUT2D eigenvalue weighted by Gasteiger charge is 2.41. The predicted molar refractivity (Wildman–Crippen MR) is 51.8 cm³/mol. The zero-order chi connectivity index (χ0) is 8.74. The van der Waals surface area contributed by atoms with E-state index in [1.54, 1.807) is 0 Å². The second-order valence-corrected chi connectivity index (χ2v) is 2.96. The molecule has 2 aliphatic rings. The van der Waals surface area contributed by atoms with E-state index < -0.39 is 0 Å². The summed E-state index contributed by atoms with van der Waals surface area (Å²) in [6.45, 7) is 10.6. The van der Waals surface area contributed by atoms with Crippen molar-refractivity contribution in [3.05, 3.63) is 0 Å². The van der Waals surface area contributed by atoms with E-state index in [2.05, 4.69) is 5.32 Å². The monoisotopic (exact) mass is 157 g/mol. The molecule has 0 unspecified atom stereocenters. The van der Waals surface area contributed by atoms with Gasteiger partial charge in [0.15, 0.2) is 0 Å². The van der Waals surface area contributed by atoms with Crippen molar-refractivity contribution in [3.8, 4) is 0 Å². The van der Waals surface area contributed by atoms with Crippen LogP contribution in [0.4, 0.5) is 0 Å². The molecular weight excluding hydrogens is 134 g/mol. The predicted octanol–water partition coefficient (Wildman–Crippen LogP) is 2.81. The minimum atomic E-state index is 0.833. The van der Waals surface area contributed by atoms with Gasteiger partial charge in [0.25, 0.3) is 0 Å². The topological polar surface area (TPSA) is 12.0 Å². The summed E-state index contributed by atoms with van der Waals surface area (Å²) in [5.41, 5.74) is 0.833. The van der Waals surface area contributed by atoms with Gasteiger partial charge in [-0.3, -0.25) is 0 Å². The Kier molecular flexibility index (Phi) is 5.57. The van der Waals surface area contributed by atoms with Crippen LogP contribution < -0.4 is 5.32 Å². The molecule has 1 nitrogen and oxygen atoms in total. The number of hydrogen-bond donors (Lipinski definition) is 1. The average Bonchev–Trinajstić information content (AvgIpc) is 1.90. The van der Waals surface area contributed by atoms with Crippen LogP contribution in [0.1, 0.15) is 47.0 Å². The maximum absolute atomic E-state index is 3.30. The molecule has 2 fully saturated rings. The van der Waals surface area contributed by atoms with Crippen molar-refractivity contribution in [2.75, 3.05) is 13.1 Å². The third-order valence-corrected chi connectivity index (χ3v) is 2.41. The largest absolute Gasteiger partial charge is 0.316 e. The van der Waals surface area contributed by atoms with Gasteiger partial charge < -0.3 is 5.32 Å². The van der Waals surface area contributed by atoms with Gasteiger partial charge in [-0.1, -0.05) is 34.1 Å². The average molecular weight is 157 g/mol. The van der Waals surface area contributed by atoms with E-state index in [9.17, 15) is 0 Å². The third kappa shape index (κ3) is 2.48. The van der Waals surface area contributed by atoms with Gasteiger partial charge in [0.05, 0.1) is 0 Å². The summed E-state index contributed by atoms with van der Waals surface area (Å²) in [5.74, 6) is 0. The Morgan fingerprint density at radius 2 is 1.36 bits per heavy atom. The molecule has 0 amide bonds. The molecule has 68 valence electrons. The van der Waals surface area contributed by atoms with Gasteiger partial charge >= 0.3 is 0 Å². The zero-order valence-electron chi connectivity index (χ0n) is 8.54. The molecule has 0 aromatic rings. The van der Waals surface area contributed by atoms with Gasteiger partial charge in [-0.15, -0.1) is 0 Å². The molecule has 0 aromatic heterocycles. The van der Waals surface area contributed by atoms with E-state index in [1.807, 2.05) is 27.7 Å². The van der Waals surface area contributed by atoms with Crippen LogP contribution >= 0.6 is 0 Å². The fourth-order valence-corrected chi connectivity index (χ4v) is 1.51. The molecule has 1 aliphatic heterocycles. The summed E-state index contributed by atoms with van der Waals surface area (Å²) < 4.78 is 0. The van der Waals surface area contributed by atoms with Gasteiger partial charge in [-0.25, -0.2) is 0 Å². The first-order valence-corrected chi connectivity index (χ1v) is 5.12. The lowest BCUT2D eigenvalue weighted by atomic mass is 9.65. The van der Waals surface area contributed by atoms with Gasteiger partial charge in [-0.2, -0.15) is 0 Å². The summed E-state index contributed by atoms with van der Waals surface area (Å²) in [5, 5.41) is 3.30. The van der Waals surface area contributed by atoms with Crippen LogP contribution in [-0.2, 0) is 0 Å². The highest BCUT2D eigenvalue weighted by atomic mass is 15.0. The van der Waals surface area contributed by atoms with Crippen LogP contribution in [0, 0.1) is 5.41 Å². The quantitative estimate of drug-likeness (QED) is 0.570. The maximum atomic E-state index is 3.30. The molecule has 0 aromatic carbocycles. The smallest absolute Gasteiger partial charge is 0.00202 e. The lowest BCUT2D eigenvalue weighted by Crippen LogP contribution is -2.57. The lowest BCUT2D eigenvalue weighted by Gasteiger charge is -2.49. The summed E-state index contributed by atoms with van der Waals surface area (Å²) >= 11 is 0. The molecule has 1 N–H and O–H groups in total. The molecule has 1 aliphatic carbocycles. The van der Waals surface area contributed by atoms with E-state index in [4.69, 9.17) is 0 Å². The van der Waals surface area contributed by atoms with Crippen molar-refractivity contribution in [2.45, 2.75) is 47.0 Å². The Balaban J connectivity index is 0.000000222. The van der Waals surface area contributed by atoms with Crippen LogP contribution in [0.25, 0.3) is 0 Å². The standard InChI is InChI=1S/C6H11N.2C2H6/c1-2-6(3-1)4-7-5-6;2*1-2/h7H,1-5H2;2*1-2H3. The lowest BCUT2D eigenvalue weighted by molar-refractivity contribution is 0.0603. The molecule has 1 heteroatoms. The Morgan fingerprint density at radius 1 is 0.909 bits per heavy atom. The second-order valence-electron chi connectivity index (χ2n) is 2.96. The molecule has 1 saturated heterocycles. The van der Waals surface area contributed by atoms with Crippen LogP contribution in [-0.4, -0.2) is 13.1 Å². The molecule has 0 radical (unpaired) electrons. The second kappa shape index (κ2) is 5.59. The van der Waals surface area contributed by atoms with Crippen molar-refractivity contribution >= 4 is 0 Å². The Labute approximate surface area is 71.6 Å². The fraction of sp³-hybridized carbons (Fsp3) is 1.00. The first-order valence-electron chi connectivity index (χ1n) is 5.12. The minimum Gasteiger partial charge on any atom is -0.316 e. The molecular formula is C10H23N. The van der Waals surface area contributed by atoms with E-state index in [0.717, 1.165) is 5.41 Å². The van der Waals surface area contributed by atoms with Crippen LogP contribution in [0.2, 0.25) is 0 Å². The normalized spacial score (nSPS) is 22.9. The number of nitrogens with one attached hydrogen (secondary N) is 1. The fourth-order valence-electron chi connectivity index (χ4n) is 1.51. The van der Waals surface area contributed by atoms with E-state index in [-0.39, 0.29) is 0 Å². The molecule has 2 rings (SSSR count). The van der Waals surface area contributed by atoms with Crippen molar-refractivity contribution in [3.63, 3.8) is 0 Å². The summed E-state index contributed by atoms with van der Waals surface area (Å²) in [4.78, 5) is 0. The van der Waals surface area contributed by atoms with Crippen molar-refractivity contribution < 1.29 is 0 Å². The van der Waals surface area contributed by atoms with Crippen molar-refractivity contribution in [2.24, 2.45) is 5.41 Å². The zero-order valence-corrected chi connectivity index (χ0v) is 8.54. The van der Waals surface area contributed by atoms with Gasteiger partial charge in [-0.05, 0) is 18.3 Å². The van der Waals surface area contributed by atoms with E-state index in [1.165, 1.54) is 32.4 Å². The molecule has 1 heterocycles. The third-order valence-electron chi connectivity index (χ3n) is 2.41. The van der Waals surface area contributed by atoms with Crippen LogP contribution in [0.3, 0.4) is 0 Å². The number of rotatable bonds is 0. The summed E-state index contributed by atoms with van der Waals surface area (Å²) in [6, 6.07) is 0. The Morgan fingerprint density at radius 3 is 1.36 bits per heavy atom. The highest BCUT2D eigenvalue weighted by Crippen LogP contribution is 2.43. The Hall–Kier alpha value is -0.0400. The molecule has 11 heavy (non-hydrogen) atoms. The van der Waals surface area contributed by atoms with E-state index >= 15 is 0 Å². The number of hydrogen-bond acceptors (Lipinski definition) is 1. The summed E-state index contributed by atoms with van der Waals surface area (Å²) in [7, 11) is 0. The van der Waals surface area contributed by atoms with E-state index in [0.29, 0.717) is 0 Å². The highest BCUT2D eigenvalue weighted by molar-refractivity contribution is 4.97. The Bertz CT molecular complexity index is 65.4. The first kappa shape index (κ1) is 11.0. The van der Waals surface area contributed by atoms with Gasteiger partial charge in [0.1, 0.15) is 0 Å². The van der Waals surface area contributed by atoms with Gasteiger partial charge in [0.2, 0.25) is 0 Å². The molecule has 0 atom stereocenters. The summed E-state index contributed by atoms with van der Waals surface area (Å²) in [6.07, 6.45) is 4.49. The molecule has 0 bridgehead atoms. The molecule has 1 saturated carbocycles. The van der Waals surface area contributed by atoms with Gasteiger partial charge in [0, 0.05) is 13.1 Å². The van der Waals surface area contributed by atoms with Crippen molar-refractivity contribution in [1.82, 2.24) is 5.32 Å². The SMILES string of the molecule is C1CC2(C1)CNC2.CC.CC.